The zero-order valence-corrected chi connectivity index (χ0v) is 15.5. The van der Waals surface area contributed by atoms with E-state index in [1.54, 1.807) is 6.20 Å². The third kappa shape index (κ3) is 3.76. The molecule has 3 rings (SSSR count). The lowest BCUT2D eigenvalue weighted by Crippen LogP contribution is -2.46. The zero-order valence-electron chi connectivity index (χ0n) is 15.5. The van der Waals surface area contributed by atoms with Crippen molar-refractivity contribution in [3.63, 3.8) is 0 Å². The molecule has 1 aliphatic rings. The molecule has 0 spiro atoms. The van der Waals surface area contributed by atoms with Crippen molar-refractivity contribution < 1.29 is 4.79 Å². The molecule has 1 fully saturated rings. The van der Waals surface area contributed by atoms with Crippen molar-refractivity contribution in [1.29, 1.82) is 0 Å². The molecule has 2 aromatic heterocycles. The highest BCUT2D eigenvalue weighted by Crippen LogP contribution is 2.28. The number of carbonyl (C=O) groups is 1. The van der Waals surface area contributed by atoms with Crippen molar-refractivity contribution in [2.24, 2.45) is 7.05 Å². The van der Waals surface area contributed by atoms with Crippen molar-refractivity contribution in [1.82, 2.24) is 24.5 Å². The molecule has 7 heteroatoms. The Balaban J connectivity index is 1.57. The molecule has 1 atom stereocenters. The molecule has 25 heavy (non-hydrogen) atoms. The number of likely N-dealkylation sites (tertiary alicyclic amines) is 1. The number of anilines is 1. The maximum absolute atomic E-state index is 12.6. The van der Waals surface area contributed by atoms with Crippen molar-refractivity contribution >= 4 is 11.7 Å². The van der Waals surface area contributed by atoms with E-state index in [9.17, 15) is 4.79 Å². The lowest BCUT2D eigenvalue weighted by atomic mass is 9.92. The van der Waals surface area contributed by atoms with E-state index in [1.807, 2.05) is 35.6 Å². The Kier molecular flexibility index (Phi) is 5.22. The molecule has 0 saturated carbocycles. The molecule has 1 amide bonds. The van der Waals surface area contributed by atoms with Crippen LogP contribution in [-0.4, -0.2) is 49.5 Å². The molecular weight excluding hydrogens is 316 g/mol. The molecule has 1 aliphatic heterocycles. The van der Waals surface area contributed by atoms with Crippen molar-refractivity contribution in [2.45, 2.75) is 51.6 Å². The fourth-order valence-corrected chi connectivity index (χ4v) is 3.59. The molecule has 7 nitrogen and oxygen atoms in total. The SMILES string of the molecule is CC(C)n1nccc1NC(=O)[C@H](C)N1CCC(c2ccnn2C)CC1. The number of nitrogens with one attached hydrogen (secondary N) is 1. The van der Waals surface area contributed by atoms with Crippen LogP contribution in [0, 0.1) is 0 Å². The first-order valence-corrected chi connectivity index (χ1v) is 9.03. The topological polar surface area (TPSA) is 68.0 Å². The van der Waals surface area contributed by atoms with Gasteiger partial charge >= 0.3 is 0 Å². The average Bonchev–Trinajstić information content (AvgIpc) is 3.23. The highest BCUT2D eigenvalue weighted by atomic mass is 16.2. The molecule has 2 aromatic rings. The molecule has 0 bridgehead atoms. The van der Waals surface area contributed by atoms with Crippen LogP contribution in [0.2, 0.25) is 0 Å². The van der Waals surface area contributed by atoms with Gasteiger partial charge in [0.05, 0.1) is 12.2 Å². The Morgan fingerprint density at radius 3 is 2.44 bits per heavy atom. The molecule has 0 radical (unpaired) electrons. The Hall–Kier alpha value is -2.15. The largest absolute Gasteiger partial charge is 0.310 e. The van der Waals surface area contributed by atoms with Gasteiger partial charge in [-0.15, -0.1) is 0 Å². The van der Waals surface area contributed by atoms with Crippen LogP contribution in [0.15, 0.2) is 24.5 Å². The first kappa shape index (κ1) is 17.7. The van der Waals surface area contributed by atoms with Crippen molar-refractivity contribution in [3.8, 4) is 0 Å². The Labute approximate surface area is 149 Å². The Morgan fingerprint density at radius 1 is 1.16 bits per heavy atom. The summed E-state index contributed by atoms with van der Waals surface area (Å²) >= 11 is 0. The predicted molar refractivity (Wildman–Crippen MR) is 97.5 cm³/mol. The number of piperidine rings is 1. The summed E-state index contributed by atoms with van der Waals surface area (Å²) in [5.41, 5.74) is 1.29. The van der Waals surface area contributed by atoms with Gasteiger partial charge < -0.3 is 5.32 Å². The van der Waals surface area contributed by atoms with Crippen LogP contribution in [0.3, 0.4) is 0 Å². The Bertz CT molecular complexity index is 711. The monoisotopic (exact) mass is 344 g/mol. The van der Waals surface area contributed by atoms with Gasteiger partial charge in [0.25, 0.3) is 0 Å². The normalized spacial score (nSPS) is 17.8. The second-order valence-corrected chi connectivity index (χ2v) is 7.11. The fraction of sp³-hybridized carbons (Fsp3) is 0.611. The fourth-order valence-electron chi connectivity index (χ4n) is 3.59. The van der Waals surface area contributed by atoms with Crippen molar-refractivity contribution in [2.75, 3.05) is 18.4 Å². The highest BCUT2D eigenvalue weighted by Gasteiger charge is 2.28. The van der Waals surface area contributed by atoms with E-state index in [-0.39, 0.29) is 18.0 Å². The van der Waals surface area contributed by atoms with E-state index in [0.29, 0.717) is 5.92 Å². The van der Waals surface area contributed by atoms with Crippen LogP contribution in [0.25, 0.3) is 0 Å². The third-order valence-corrected chi connectivity index (χ3v) is 5.14. The van der Waals surface area contributed by atoms with Gasteiger partial charge in [-0.2, -0.15) is 10.2 Å². The summed E-state index contributed by atoms with van der Waals surface area (Å²) in [7, 11) is 2.00. The minimum absolute atomic E-state index is 0.0291. The average molecular weight is 344 g/mol. The predicted octanol–water partition coefficient (Wildman–Crippen LogP) is 2.40. The second-order valence-electron chi connectivity index (χ2n) is 7.11. The first-order chi connectivity index (χ1) is 12.0. The highest BCUT2D eigenvalue weighted by molar-refractivity contribution is 5.93. The first-order valence-electron chi connectivity index (χ1n) is 9.03. The van der Waals surface area contributed by atoms with Crippen LogP contribution in [0.1, 0.15) is 51.3 Å². The smallest absolute Gasteiger partial charge is 0.242 e. The molecule has 0 unspecified atom stereocenters. The van der Waals surface area contributed by atoms with Gasteiger partial charge in [-0.05, 0) is 52.8 Å². The third-order valence-electron chi connectivity index (χ3n) is 5.14. The van der Waals surface area contributed by atoms with Gasteiger partial charge in [0.1, 0.15) is 5.82 Å². The van der Waals surface area contributed by atoms with Crippen LogP contribution in [0.5, 0.6) is 0 Å². The summed E-state index contributed by atoms with van der Waals surface area (Å²) in [4.78, 5) is 14.9. The second kappa shape index (κ2) is 7.39. The quantitative estimate of drug-likeness (QED) is 0.904. The van der Waals surface area contributed by atoms with E-state index in [0.717, 1.165) is 31.7 Å². The lowest BCUT2D eigenvalue weighted by Gasteiger charge is -2.35. The van der Waals surface area contributed by atoms with Gasteiger partial charge in [0, 0.05) is 37.0 Å². The van der Waals surface area contributed by atoms with Crippen LogP contribution < -0.4 is 5.32 Å². The number of aryl methyl sites for hydroxylation is 1. The number of hydrogen-bond acceptors (Lipinski definition) is 4. The number of carbonyl (C=O) groups excluding carboxylic acids is 1. The number of amides is 1. The van der Waals surface area contributed by atoms with Crippen molar-refractivity contribution in [3.05, 3.63) is 30.2 Å². The van der Waals surface area contributed by atoms with E-state index < -0.39 is 0 Å². The molecule has 1 saturated heterocycles. The van der Waals surface area contributed by atoms with Gasteiger partial charge in [0.15, 0.2) is 0 Å². The minimum Gasteiger partial charge on any atom is -0.310 e. The summed E-state index contributed by atoms with van der Waals surface area (Å²) in [6.45, 7) is 7.93. The van der Waals surface area contributed by atoms with Gasteiger partial charge in [-0.25, -0.2) is 4.68 Å². The van der Waals surface area contributed by atoms with E-state index in [1.165, 1.54) is 5.69 Å². The maximum atomic E-state index is 12.6. The Morgan fingerprint density at radius 2 is 1.84 bits per heavy atom. The van der Waals surface area contributed by atoms with Crippen LogP contribution in [-0.2, 0) is 11.8 Å². The van der Waals surface area contributed by atoms with E-state index in [4.69, 9.17) is 0 Å². The number of hydrogen-bond donors (Lipinski definition) is 1. The minimum atomic E-state index is -0.150. The van der Waals surface area contributed by atoms with Gasteiger partial charge in [0.2, 0.25) is 5.91 Å². The summed E-state index contributed by atoms with van der Waals surface area (Å²) in [6, 6.07) is 4.02. The molecule has 136 valence electrons. The van der Waals surface area contributed by atoms with E-state index in [2.05, 4.69) is 40.3 Å². The lowest BCUT2D eigenvalue weighted by molar-refractivity contribution is -0.121. The van der Waals surface area contributed by atoms with Crippen LogP contribution >= 0.6 is 0 Å². The number of aromatic nitrogens is 4. The molecule has 0 aliphatic carbocycles. The maximum Gasteiger partial charge on any atom is 0.242 e. The summed E-state index contributed by atoms with van der Waals surface area (Å²) in [5.74, 6) is 1.32. The molecule has 1 N–H and O–H groups in total. The molecule has 0 aromatic carbocycles. The molecular formula is C18H28N6O. The van der Waals surface area contributed by atoms with Crippen LogP contribution in [0.4, 0.5) is 5.82 Å². The summed E-state index contributed by atoms with van der Waals surface area (Å²) in [5, 5.41) is 11.6. The number of rotatable bonds is 5. The van der Waals surface area contributed by atoms with Gasteiger partial charge in [-0.3, -0.25) is 14.4 Å². The van der Waals surface area contributed by atoms with Gasteiger partial charge in [-0.1, -0.05) is 0 Å². The number of nitrogens with zero attached hydrogens (tertiary/aromatic N) is 5. The zero-order chi connectivity index (χ0) is 18.0. The standard InChI is InChI=1S/C18H28N6O/c1-13(2)24-17(6-10-20-24)21-18(25)14(3)23-11-7-15(8-12-23)16-5-9-19-22(16)4/h5-6,9-10,13-15H,7-8,11-12H2,1-4H3,(H,21,25)/t14-/m0/s1. The summed E-state index contributed by atoms with van der Waals surface area (Å²) < 4.78 is 3.79. The van der Waals surface area contributed by atoms with E-state index >= 15 is 0 Å². The molecule has 3 heterocycles. The summed E-state index contributed by atoms with van der Waals surface area (Å²) in [6.07, 6.45) is 5.69.